The summed E-state index contributed by atoms with van der Waals surface area (Å²) in [5.41, 5.74) is 7.52. The Balaban J connectivity index is 2.07. The predicted octanol–water partition coefficient (Wildman–Crippen LogP) is 3.88. The van der Waals surface area contributed by atoms with Gasteiger partial charge >= 0.3 is 0 Å². The minimum Gasteiger partial charge on any atom is -0.369 e. The first-order valence-electron chi connectivity index (χ1n) is 6.24. The van der Waals surface area contributed by atoms with Crippen LogP contribution in [0, 0.1) is 11.7 Å². The smallest absolute Gasteiger partial charge is 0.201 e. The molecule has 1 heterocycles. The van der Waals surface area contributed by atoms with E-state index in [1.54, 1.807) is 6.07 Å². The maximum atomic E-state index is 13.5. The van der Waals surface area contributed by atoms with Crippen LogP contribution in [-0.4, -0.2) is 9.55 Å². The standard InChI is InChI=1S/C13H15BrFN3/c1-2-3-7-4-11(7)18-12-5-8(14)9(15)6-10(12)17-13(18)16/h5-7,11H,2-4H2,1H3,(H2,16,17). The molecule has 2 unspecified atom stereocenters. The third-order valence-electron chi connectivity index (χ3n) is 3.64. The van der Waals surface area contributed by atoms with E-state index in [-0.39, 0.29) is 5.82 Å². The van der Waals surface area contributed by atoms with E-state index in [1.807, 2.05) is 0 Å². The van der Waals surface area contributed by atoms with Crippen LogP contribution in [-0.2, 0) is 0 Å². The van der Waals surface area contributed by atoms with Crippen molar-refractivity contribution >= 4 is 32.9 Å². The maximum absolute atomic E-state index is 13.5. The molecule has 0 spiro atoms. The molecule has 0 aliphatic heterocycles. The van der Waals surface area contributed by atoms with Crippen molar-refractivity contribution in [1.29, 1.82) is 0 Å². The van der Waals surface area contributed by atoms with Gasteiger partial charge in [-0.2, -0.15) is 0 Å². The molecule has 1 aromatic carbocycles. The van der Waals surface area contributed by atoms with Crippen LogP contribution in [0.25, 0.3) is 11.0 Å². The summed E-state index contributed by atoms with van der Waals surface area (Å²) in [6.45, 7) is 2.19. The van der Waals surface area contributed by atoms with E-state index in [1.165, 1.54) is 18.9 Å². The highest BCUT2D eigenvalue weighted by atomic mass is 79.9. The molecule has 0 radical (unpaired) electrons. The fourth-order valence-electron chi connectivity index (χ4n) is 2.69. The number of anilines is 1. The van der Waals surface area contributed by atoms with Crippen molar-refractivity contribution in [3.8, 4) is 0 Å². The Labute approximate surface area is 113 Å². The minimum atomic E-state index is -0.298. The van der Waals surface area contributed by atoms with E-state index < -0.39 is 0 Å². The van der Waals surface area contributed by atoms with Gasteiger partial charge in [0.1, 0.15) is 5.82 Å². The van der Waals surface area contributed by atoms with Crippen molar-refractivity contribution in [2.75, 3.05) is 5.73 Å². The number of fused-ring (bicyclic) bond motifs is 1. The summed E-state index contributed by atoms with van der Waals surface area (Å²) in [6.07, 6.45) is 3.55. The zero-order valence-electron chi connectivity index (χ0n) is 10.2. The highest BCUT2D eigenvalue weighted by Gasteiger charge is 2.39. The lowest BCUT2D eigenvalue weighted by Gasteiger charge is -2.06. The summed E-state index contributed by atoms with van der Waals surface area (Å²) < 4.78 is 16.0. The van der Waals surface area contributed by atoms with Crippen LogP contribution >= 0.6 is 15.9 Å². The molecular formula is C13H15BrFN3. The second-order valence-electron chi connectivity index (χ2n) is 4.95. The van der Waals surface area contributed by atoms with Crippen molar-refractivity contribution < 1.29 is 4.39 Å². The Morgan fingerprint density at radius 1 is 1.56 bits per heavy atom. The SMILES string of the molecule is CCCC1CC1n1c(N)nc2cc(F)c(Br)cc21. The van der Waals surface area contributed by atoms with Crippen LogP contribution in [0.3, 0.4) is 0 Å². The van der Waals surface area contributed by atoms with Gasteiger partial charge < -0.3 is 10.3 Å². The van der Waals surface area contributed by atoms with E-state index >= 15 is 0 Å². The van der Waals surface area contributed by atoms with Crippen molar-refractivity contribution in [2.45, 2.75) is 32.2 Å². The van der Waals surface area contributed by atoms with Gasteiger partial charge in [-0.05, 0) is 40.8 Å². The normalized spacial score (nSPS) is 22.6. The van der Waals surface area contributed by atoms with Gasteiger partial charge in [-0.3, -0.25) is 0 Å². The summed E-state index contributed by atoms with van der Waals surface area (Å²) in [5.74, 6) is 0.887. The number of hydrogen-bond acceptors (Lipinski definition) is 2. The number of rotatable bonds is 3. The van der Waals surface area contributed by atoms with Gasteiger partial charge in [-0.25, -0.2) is 9.37 Å². The minimum absolute atomic E-state index is 0.298. The first-order chi connectivity index (χ1) is 8.61. The zero-order valence-corrected chi connectivity index (χ0v) is 11.7. The molecule has 3 rings (SSSR count). The van der Waals surface area contributed by atoms with Crippen LogP contribution < -0.4 is 5.73 Å². The fourth-order valence-corrected chi connectivity index (χ4v) is 3.02. The molecular weight excluding hydrogens is 297 g/mol. The number of imidazole rings is 1. The van der Waals surface area contributed by atoms with E-state index in [0.29, 0.717) is 27.9 Å². The summed E-state index contributed by atoms with van der Waals surface area (Å²) in [5, 5.41) is 0. The molecule has 1 saturated carbocycles. The van der Waals surface area contributed by atoms with Crippen molar-refractivity contribution in [1.82, 2.24) is 9.55 Å². The van der Waals surface area contributed by atoms with E-state index in [0.717, 1.165) is 11.9 Å². The number of nitrogens with two attached hydrogens (primary N) is 1. The number of aromatic nitrogens is 2. The molecule has 2 atom stereocenters. The Kier molecular flexibility index (Phi) is 2.81. The van der Waals surface area contributed by atoms with Crippen LogP contribution in [0.2, 0.25) is 0 Å². The van der Waals surface area contributed by atoms with Crippen molar-refractivity contribution in [3.05, 3.63) is 22.4 Å². The molecule has 2 aromatic rings. The first kappa shape index (κ1) is 12.0. The Bertz CT molecular complexity index is 608. The molecule has 0 saturated heterocycles. The van der Waals surface area contributed by atoms with Crippen LogP contribution in [0.4, 0.5) is 10.3 Å². The quantitative estimate of drug-likeness (QED) is 0.934. The van der Waals surface area contributed by atoms with Crippen LogP contribution in [0.1, 0.15) is 32.2 Å². The van der Waals surface area contributed by atoms with E-state index in [9.17, 15) is 4.39 Å². The summed E-state index contributed by atoms with van der Waals surface area (Å²) in [7, 11) is 0. The van der Waals surface area contributed by atoms with Crippen molar-refractivity contribution in [3.63, 3.8) is 0 Å². The third-order valence-corrected chi connectivity index (χ3v) is 4.24. The monoisotopic (exact) mass is 311 g/mol. The molecule has 1 fully saturated rings. The lowest BCUT2D eigenvalue weighted by atomic mass is 10.2. The van der Waals surface area contributed by atoms with Gasteiger partial charge in [0.25, 0.3) is 0 Å². The Morgan fingerprint density at radius 3 is 3.06 bits per heavy atom. The summed E-state index contributed by atoms with van der Waals surface area (Å²) >= 11 is 3.22. The molecule has 96 valence electrons. The predicted molar refractivity (Wildman–Crippen MR) is 73.9 cm³/mol. The number of nitrogen functional groups attached to an aromatic ring is 1. The average Bonchev–Trinajstić information content (AvgIpc) is 2.98. The van der Waals surface area contributed by atoms with E-state index in [4.69, 9.17) is 5.73 Å². The molecule has 0 amide bonds. The highest BCUT2D eigenvalue weighted by molar-refractivity contribution is 9.10. The second kappa shape index (κ2) is 4.23. The van der Waals surface area contributed by atoms with Gasteiger partial charge in [-0.15, -0.1) is 0 Å². The van der Waals surface area contributed by atoms with Gasteiger partial charge in [0.2, 0.25) is 5.95 Å². The molecule has 5 heteroatoms. The zero-order chi connectivity index (χ0) is 12.9. The molecule has 18 heavy (non-hydrogen) atoms. The number of halogens is 2. The first-order valence-corrected chi connectivity index (χ1v) is 7.03. The molecule has 2 N–H and O–H groups in total. The number of hydrogen-bond donors (Lipinski definition) is 1. The van der Waals surface area contributed by atoms with Gasteiger partial charge in [0.15, 0.2) is 0 Å². The molecule has 1 aliphatic rings. The fraction of sp³-hybridized carbons (Fsp3) is 0.462. The van der Waals surface area contributed by atoms with Gasteiger partial charge in [0.05, 0.1) is 15.5 Å². The lowest BCUT2D eigenvalue weighted by molar-refractivity contribution is 0.618. The molecule has 3 nitrogen and oxygen atoms in total. The third kappa shape index (κ3) is 1.81. The maximum Gasteiger partial charge on any atom is 0.201 e. The largest absolute Gasteiger partial charge is 0.369 e. The molecule has 0 bridgehead atoms. The molecule has 1 aromatic heterocycles. The Hall–Kier alpha value is -1.10. The van der Waals surface area contributed by atoms with Crippen LogP contribution in [0.5, 0.6) is 0 Å². The Morgan fingerprint density at radius 2 is 2.33 bits per heavy atom. The van der Waals surface area contributed by atoms with Gasteiger partial charge in [-0.1, -0.05) is 13.3 Å². The van der Waals surface area contributed by atoms with Crippen molar-refractivity contribution in [2.24, 2.45) is 5.92 Å². The number of benzene rings is 1. The average molecular weight is 312 g/mol. The van der Waals surface area contributed by atoms with E-state index in [2.05, 4.69) is 32.4 Å². The summed E-state index contributed by atoms with van der Waals surface area (Å²) in [4.78, 5) is 4.25. The topological polar surface area (TPSA) is 43.8 Å². The summed E-state index contributed by atoms with van der Waals surface area (Å²) in [6, 6.07) is 3.64. The van der Waals surface area contributed by atoms with Crippen LogP contribution in [0.15, 0.2) is 16.6 Å². The highest BCUT2D eigenvalue weighted by Crippen LogP contribution is 2.49. The number of nitrogens with zero attached hydrogens (tertiary/aromatic N) is 2. The lowest BCUT2D eigenvalue weighted by Crippen LogP contribution is -2.02. The second-order valence-corrected chi connectivity index (χ2v) is 5.80. The molecule has 1 aliphatic carbocycles. The van der Waals surface area contributed by atoms with Gasteiger partial charge in [0, 0.05) is 12.1 Å².